The monoisotopic (exact) mass is 234 g/mol. The number of ether oxygens (including phenoxy) is 1. The van der Waals surface area contributed by atoms with Crippen molar-refractivity contribution < 1.29 is 19.4 Å². The van der Waals surface area contributed by atoms with Crippen LogP contribution >= 0.6 is 0 Å². The van der Waals surface area contributed by atoms with Gasteiger partial charge >= 0.3 is 11.9 Å². The SMILES string of the molecule is COC(=O)CC=Cc1ccc(C)cc1C(=O)O. The van der Waals surface area contributed by atoms with Crippen molar-refractivity contribution in [2.75, 3.05) is 7.11 Å². The average molecular weight is 234 g/mol. The lowest BCUT2D eigenvalue weighted by Crippen LogP contribution is -2.00. The van der Waals surface area contributed by atoms with Gasteiger partial charge in [-0.1, -0.05) is 29.8 Å². The summed E-state index contributed by atoms with van der Waals surface area (Å²) < 4.78 is 4.48. The summed E-state index contributed by atoms with van der Waals surface area (Å²) in [7, 11) is 1.31. The van der Waals surface area contributed by atoms with Gasteiger partial charge in [-0.05, 0) is 18.6 Å². The fourth-order valence-electron chi connectivity index (χ4n) is 1.37. The van der Waals surface area contributed by atoms with Gasteiger partial charge in [-0.15, -0.1) is 0 Å². The number of benzene rings is 1. The van der Waals surface area contributed by atoms with Gasteiger partial charge < -0.3 is 9.84 Å². The van der Waals surface area contributed by atoms with Gasteiger partial charge in [0.15, 0.2) is 0 Å². The van der Waals surface area contributed by atoms with Crippen LogP contribution in [0.2, 0.25) is 0 Å². The molecule has 0 spiro atoms. The van der Waals surface area contributed by atoms with Crippen LogP contribution in [0.1, 0.15) is 27.9 Å². The Balaban J connectivity index is 2.90. The van der Waals surface area contributed by atoms with Gasteiger partial charge in [0.2, 0.25) is 0 Å². The number of hydrogen-bond acceptors (Lipinski definition) is 3. The summed E-state index contributed by atoms with van der Waals surface area (Å²) in [6.45, 7) is 1.83. The largest absolute Gasteiger partial charge is 0.478 e. The second-order valence-corrected chi connectivity index (χ2v) is 3.58. The molecule has 0 unspecified atom stereocenters. The Morgan fingerprint density at radius 2 is 2.12 bits per heavy atom. The maximum absolute atomic E-state index is 11.0. The fourth-order valence-corrected chi connectivity index (χ4v) is 1.37. The molecule has 0 aliphatic carbocycles. The van der Waals surface area contributed by atoms with Crippen molar-refractivity contribution in [3.05, 3.63) is 41.0 Å². The molecule has 0 saturated heterocycles. The molecule has 1 aromatic rings. The first kappa shape index (κ1) is 13.0. The van der Waals surface area contributed by atoms with Crippen molar-refractivity contribution in [3.8, 4) is 0 Å². The summed E-state index contributed by atoms with van der Waals surface area (Å²) in [6, 6.07) is 5.14. The third kappa shape index (κ3) is 3.75. The van der Waals surface area contributed by atoms with E-state index >= 15 is 0 Å². The molecule has 90 valence electrons. The van der Waals surface area contributed by atoms with Crippen LogP contribution in [0, 0.1) is 6.92 Å². The third-order valence-corrected chi connectivity index (χ3v) is 2.25. The number of carboxylic acid groups (broad SMARTS) is 1. The van der Waals surface area contributed by atoms with Gasteiger partial charge in [0.05, 0.1) is 19.1 Å². The summed E-state index contributed by atoms with van der Waals surface area (Å²) in [4.78, 5) is 21.9. The smallest absolute Gasteiger partial charge is 0.336 e. The molecular weight excluding hydrogens is 220 g/mol. The number of carbonyl (C=O) groups excluding carboxylic acids is 1. The van der Waals surface area contributed by atoms with Crippen LogP contribution in [0.25, 0.3) is 6.08 Å². The Labute approximate surface area is 99.5 Å². The van der Waals surface area contributed by atoms with Crippen molar-refractivity contribution in [1.82, 2.24) is 0 Å². The molecule has 4 nitrogen and oxygen atoms in total. The molecule has 0 heterocycles. The number of methoxy groups -OCH3 is 1. The van der Waals surface area contributed by atoms with Crippen LogP contribution in [0.5, 0.6) is 0 Å². The van der Waals surface area contributed by atoms with E-state index in [-0.39, 0.29) is 18.0 Å². The second kappa shape index (κ2) is 5.84. The minimum atomic E-state index is -0.980. The van der Waals surface area contributed by atoms with Crippen LogP contribution in [-0.2, 0) is 9.53 Å². The van der Waals surface area contributed by atoms with E-state index in [0.29, 0.717) is 5.56 Å². The van der Waals surface area contributed by atoms with E-state index in [1.165, 1.54) is 7.11 Å². The predicted molar refractivity (Wildman–Crippen MR) is 63.8 cm³/mol. The minimum absolute atomic E-state index is 0.128. The van der Waals surface area contributed by atoms with Gasteiger partial charge in [0, 0.05) is 0 Å². The molecule has 4 heteroatoms. The second-order valence-electron chi connectivity index (χ2n) is 3.58. The van der Waals surface area contributed by atoms with Gasteiger partial charge in [0.25, 0.3) is 0 Å². The Hall–Kier alpha value is -2.10. The van der Waals surface area contributed by atoms with Crippen LogP contribution < -0.4 is 0 Å². The van der Waals surface area contributed by atoms with Crippen molar-refractivity contribution in [2.45, 2.75) is 13.3 Å². The lowest BCUT2D eigenvalue weighted by atomic mass is 10.0. The quantitative estimate of drug-likeness (QED) is 0.812. The minimum Gasteiger partial charge on any atom is -0.478 e. The normalized spacial score (nSPS) is 10.5. The molecule has 0 saturated carbocycles. The number of carboxylic acids is 1. The number of esters is 1. The lowest BCUT2D eigenvalue weighted by Gasteiger charge is -2.02. The summed E-state index contributed by atoms with van der Waals surface area (Å²) in [5.41, 5.74) is 1.69. The molecule has 0 amide bonds. The van der Waals surface area contributed by atoms with E-state index in [1.807, 2.05) is 13.0 Å². The lowest BCUT2D eigenvalue weighted by molar-refractivity contribution is -0.139. The number of aromatic carboxylic acids is 1. The van der Waals surface area contributed by atoms with Crippen molar-refractivity contribution >= 4 is 18.0 Å². The number of carbonyl (C=O) groups is 2. The molecule has 0 radical (unpaired) electrons. The van der Waals surface area contributed by atoms with E-state index < -0.39 is 5.97 Å². The highest BCUT2D eigenvalue weighted by Crippen LogP contribution is 2.14. The average Bonchev–Trinajstić information content (AvgIpc) is 2.30. The molecule has 0 bridgehead atoms. The number of aryl methyl sites for hydroxylation is 1. The van der Waals surface area contributed by atoms with E-state index in [1.54, 1.807) is 24.3 Å². The summed E-state index contributed by atoms with van der Waals surface area (Å²) >= 11 is 0. The molecule has 1 aromatic carbocycles. The Morgan fingerprint density at radius 1 is 1.41 bits per heavy atom. The standard InChI is InChI=1S/C13H14O4/c1-9-6-7-10(11(8-9)13(15)16)4-3-5-12(14)17-2/h3-4,6-8H,5H2,1-2H3,(H,15,16). The predicted octanol–water partition coefficient (Wildman–Crippen LogP) is 2.27. The number of hydrogen-bond donors (Lipinski definition) is 1. The third-order valence-electron chi connectivity index (χ3n) is 2.25. The molecule has 0 atom stereocenters. The summed E-state index contributed by atoms with van der Waals surface area (Å²) in [5, 5.41) is 9.02. The van der Waals surface area contributed by atoms with Crippen LogP contribution in [0.15, 0.2) is 24.3 Å². The highest BCUT2D eigenvalue weighted by Gasteiger charge is 2.07. The van der Waals surface area contributed by atoms with E-state index in [9.17, 15) is 9.59 Å². The first-order chi connectivity index (χ1) is 8.04. The highest BCUT2D eigenvalue weighted by atomic mass is 16.5. The first-order valence-electron chi connectivity index (χ1n) is 5.12. The van der Waals surface area contributed by atoms with Gasteiger partial charge in [-0.25, -0.2) is 4.79 Å². The van der Waals surface area contributed by atoms with Crippen LogP contribution in [0.4, 0.5) is 0 Å². The van der Waals surface area contributed by atoms with Crippen LogP contribution in [-0.4, -0.2) is 24.2 Å². The summed E-state index contributed by atoms with van der Waals surface area (Å²) in [6.07, 6.45) is 3.33. The number of rotatable bonds is 4. The van der Waals surface area contributed by atoms with Crippen LogP contribution in [0.3, 0.4) is 0 Å². The van der Waals surface area contributed by atoms with Crippen molar-refractivity contribution in [3.63, 3.8) is 0 Å². The zero-order chi connectivity index (χ0) is 12.8. The molecular formula is C13H14O4. The molecule has 0 aliphatic heterocycles. The molecule has 0 aromatic heterocycles. The van der Waals surface area contributed by atoms with Crippen molar-refractivity contribution in [1.29, 1.82) is 0 Å². The van der Waals surface area contributed by atoms with E-state index in [2.05, 4.69) is 4.74 Å². The maximum atomic E-state index is 11.0. The van der Waals surface area contributed by atoms with E-state index in [0.717, 1.165) is 5.56 Å². The zero-order valence-electron chi connectivity index (χ0n) is 9.77. The fraction of sp³-hybridized carbons (Fsp3) is 0.231. The molecule has 0 fully saturated rings. The molecule has 1 rings (SSSR count). The van der Waals surface area contributed by atoms with Gasteiger partial charge in [-0.2, -0.15) is 0 Å². The Morgan fingerprint density at radius 3 is 2.71 bits per heavy atom. The zero-order valence-corrected chi connectivity index (χ0v) is 9.77. The van der Waals surface area contributed by atoms with E-state index in [4.69, 9.17) is 5.11 Å². The molecule has 17 heavy (non-hydrogen) atoms. The maximum Gasteiger partial charge on any atom is 0.336 e. The Kier molecular flexibility index (Phi) is 4.46. The van der Waals surface area contributed by atoms with Gasteiger partial charge in [0.1, 0.15) is 0 Å². The summed E-state index contributed by atoms with van der Waals surface area (Å²) in [5.74, 6) is -1.34. The molecule has 0 aliphatic rings. The first-order valence-corrected chi connectivity index (χ1v) is 5.12. The molecule has 1 N–H and O–H groups in total. The topological polar surface area (TPSA) is 63.6 Å². The highest BCUT2D eigenvalue weighted by molar-refractivity contribution is 5.92. The van der Waals surface area contributed by atoms with Gasteiger partial charge in [-0.3, -0.25) is 4.79 Å². The van der Waals surface area contributed by atoms with Crippen molar-refractivity contribution in [2.24, 2.45) is 0 Å². The Bertz CT molecular complexity index is 460.